The molecule has 19 heavy (non-hydrogen) atoms. The predicted octanol–water partition coefficient (Wildman–Crippen LogP) is 1.85. The number of benzene rings is 1. The number of amides is 1. The zero-order valence-electron chi connectivity index (χ0n) is 11.0. The Balaban J connectivity index is 3.03. The van der Waals surface area contributed by atoms with Crippen LogP contribution in [0.1, 0.15) is 27.2 Å². The van der Waals surface area contributed by atoms with Crippen molar-refractivity contribution >= 4 is 21.6 Å². The summed E-state index contributed by atoms with van der Waals surface area (Å²) in [5, 5.41) is 7.32. The molecule has 0 atom stereocenters. The number of primary sulfonamides is 1. The van der Waals surface area contributed by atoms with E-state index in [0.717, 1.165) is 12.1 Å². The molecule has 0 spiro atoms. The van der Waals surface area contributed by atoms with Crippen molar-refractivity contribution in [2.45, 2.75) is 32.1 Å². The summed E-state index contributed by atoms with van der Waals surface area (Å²) in [6.07, 6.45) is 0.593. The summed E-state index contributed by atoms with van der Waals surface area (Å²) in [5.74, 6) is -1.18. The van der Waals surface area contributed by atoms with Gasteiger partial charge in [0.1, 0.15) is 5.82 Å². The van der Waals surface area contributed by atoms with Gasteiger partial charge >= 0.3 is 0 Å². The van der Waals surface area contributed by atoms with Gasteiger partial charge in [-0.3, -0.25) is 4.79 Å². The van der Waals surface area contributed by atoms with Gasteiger partial charge in [-0.2, -0.15) is 0 Å². The quantitative estimate of drug-likeness (QED) is 0.886. The van der Waals surface area contributed by atoms with Crippen molar-refractivity contribution in [1.82, 2.24) is 0 Å². The fraction of sp³-hybridized carbons (Fsp3) is 0.417. The van der Waals surface area contributed by atoms with Crippen molar-refractivity contribution in [3.05, 3.63) is 24.0 Å². The molecule has 1 rings (SSSR count). The summed E-state index contributed by atoms with van der Waals surface area (Å²) in [4.78, 5) is 11.5. The van der Waals surface area contributed by atoms with Gasteiger partial charge in [-0.05, 0) is 24.6 Å². The molecular weight excluding hydrogens is 271 g/mol. The van der Waals surface area contributed by atoms with Crippen LogP contribution >= 0.6 is 0 Å². The highest BCUT2D eigenvalue weighted by Crippen LogP contribution is 2.24. The Bertz CT molecular complexity index is 597. The first kappa shape index (κ1) is 15.6. The van der Waals surface area contributed by atoms with Gasteiger partial charge in [0.25, 0.3) is 0 Å². The predicted molar refractivity (Wildman–Crippen MR) is 70.5 cm³/mol. The first-order valence-corrected chi connectivity index (χ1v) is 7.26. The summed E-state index contributed by atoms with van der Waals surface area (Å²) in [5.41, 5.74) is -0.704. The Morgan fingerprint density at radius 1 is 1.42 bits per heavy atom. The second-order valence-electron chi connectivity index (χ2n) is 4.88. The second-order valence-corrected chi connectivity index (χ2v) is 6.44. The number of anilines is 1. The van der Waals surface area contributed by atoms with Crippen molar-refractivity contribution in [3.8, 4) is 0 Å². The molecular formula is C12H17FN2O3S. The van der Waals surface area contributed by atoms with Crippen LogP contribution in [0.15, 0.2) is 23.1 Å². The van der Waals surface area contributed by atoms with Crippen LogP contribution in [0.2, 0.25) is 0 Å². The summed E-state index contributed by atoms with van der Waals surface area (Å²) in [6.45, 7) is 5.32. The van der Waals surface area contributed by atoms with E-state index in [4.69, 9.17) is 5.14 Å². The van der Waals surface area contributed by atoms with Gasteiger partial charge in [-0.15, -0.1) is 0 Å². The van der Waals surface area contributed by atoms with Gasteiger partial charge < -0.3 is 5.32 Å². The van der Waals surface area contributed by atoms with Gasteiger partial charge in [-0.25, -0.2) is 17.9 Å². The average molecular weight is 288 g/mol. The molecule has 7 heteroatoms. The third-order valence-corrected chi connectivity index (χ3v) is 3.93. The Morgan fingerprint density at radius 2 is 2.00 bits per heavy atom. The number of hydrogen-bond donors (Lipinski definition) is 2. The Labute approximate surface area is 112 Å². The summed E-state index contributed by atoms with van der Waals surface area (Å²) < 4.78 is 35.8. The van der Waals surface area contributed by atoms with E-state index >= 15 is 0 Å². The van der Waals surface area contributed by atoms with Gasteiger partial charge in [-0.1, -0.05) is 20.8 Å². The van der Waals surface area contributed by atoms with Gasteiger partial charge in [0, 0.05) is 5.41 Å². The third kappa shape index (κ3) is 3.74. The highest BCUT2D eigenvalue weighted by Gasteiger charge is 2.26. The van der Waals surface area contributed by atoms with Crippen molar-refractivity contribution in [1.29, 1.82) is 0 Å². The Morgan fingerprint density at radius 3 is 2.42 bits per heavy atom. The average Bonchev–Trinajstić information content (AvgIpc) is 2.30. The minimum atomic E-state index is -3.96. The van der Waals surface area contributed by atoms with Crippen LogP contribution in [0, 0.1) is 11.2 Å². The molecule has 1 aromatic rings. The topological polar surface area (TPSA) is 89.3 Å². The lowest BCUT2D eigenvalue weighted by Crippen LogP contribution is -2.30. The fourth-order valence-corrected chi connectivity index (χ4v) is 1.75. The van der Waals surface area contributed by atoms with Crippen LogP contribution in [0.4, 0.5) is 10.1 Å². The lowest BCUT2D eigenvalue weighted by molar-refractivity contribution is -0.124. The molecule has 1 amide bonds. The molecule has 0 aliphatic rings. The van der Waals surface area contributed by atoms with E-state index in [1.165, 1.54) is 6.07 Å². The van der Waals surface area contributed by atoms with Crippen LogP contribution in [-0.4, -0.2) is 14.3 Å². The molecule has 0 fully saturated rings. The monoisotopic (exact) mass is 288 g/mol. The number of hydrogen-bond acceptors (Lipinski definition) is 3. The minimum Gasteiger partial charge on any atom is -0.323 e. The SMILES string of the molecule is CCC(C)(C)C(=O)Nc1ccc(S(N)(=O)=O)cc1F. The van der Waals surface area contributed by atoms with Gasteiger partial charge in [0.15, 0.2) is 0 Å². The molecule has 0 bridgehead atoms. The molecule has 1 aromatic carbocycles. The number of rotatable bonds is 4. The highest BCUT2D eigenvalue weighted by molar-refractivity contribution is 7.89. The van der Waals surface area contributed by atoms with Gasteiger partial charge in [0.2, 0.25) is 15.9 Å². The Hall–Kier alpha value is -1.47. The van der Waals surface area contributed by atoms with E-state index in [-0.39, 0.29) is 16.5 Å². The van der Waals surface area contributed by atoms with E-state index in [9.17, 15) is 17.6 Å². The summed E-state index contributed by atoms with van der Waals surface area (Å²) >= 11 is 0. The van der Waals surface area contributed by atoms with Gasteiger partial charge in [0.05, 0.1) is 10.6 Å². The van der Waals surface area contributed by atoms with E-state index in [0.29, 0.717) is 6.42 Å². The van der Waals surface area contributed by atoms with Crippen molar-refractivity contribution in [2.75, 3.05) is 5.32 Å². The van der Waals surface area contributed by atoms with Crippen molar-refractivity contribution in [2.24, 2.45) is 10.6 Å². The molecule has 0 aliphatic carbocycles. The van der Waals surface area contributed by atoms with E-state index in [2.05, 4.69) is 5.32 Å². The molecule has 0 unspecified atom stereocenters. The van der Waals surface area contributed by atoms with Crippen LogP contribution in [-0.2, 0) is 14.8 Å². The maximum Gasteiger partial charge on any atom is 0.238 e. The molecule has 0 aliphatic heterocycles. The largest absolute Gasteiger partial charge is 0.323 e. The highest BCUT2D eigenvalue weighted by atomic mass is 32.2. The number of sulfonamides is 1. The zero-order chi connectivity index (χ0) is 14.8. The van der Waals surface area contributed by atoms with E-state index < -0.39 is 21.3 Å². The van der Waals surface area contributed by atoms with Crippen LogP contribution < -0.4 is 10.5 Å². The van der Waals surface area contributed by atoms with Crippen molar-refractivity contribution in [3.63, 3.8) is 0 Å². The molecule has 0 saturated heterocycles. The molecule has 0 radical (unpaired) electrons. The van der Waals surface area contributed by atoms with Crippen LogP contribution in [0.25, 0.3) is 0 Å². The normalized spacial score (nSPS) is 12.3. The molecule has 3 N–H and O–H groups in total. The fourth-order valence-electron chi connectivity index (χ4n) is 1.23. The van der Waals surface area contributed by atoms with E-state index in [1.807, 2.05) is 6.92 Å². The summed E-state index contributed by atoms with van der Waals surface area (Å²) in [6, 6.07) is 3.11. The number of halogens is 1. The minimum absolute atomic E-state index is 0.0704. The zero-order valence-corrected chi connectivity index (χ0v) is 11.8. The van der Waals surface area contributed by atoms with Crippen LogP contribution in [0.5, 0.6) is 0 Å². The second kappa shape index (κ2) is 5.26. The first-order valence-electron chi connectivity index (χ1n) is 5.71. The standard InChI is InChI=1S/C12H17FN2O3S/c1-4-12(2,3)11(16)15-10-6-5-8(7-9(10)13)19(14,17)18/h5-7H,4H2,1-3H3,(H,15,16)(H2,14,17,18). The lowest BCUT2D eigenvalue weighted by Gasteiger charge is -2.21. The Kier molecular flexibility index (Phi) is 4.32. The first-order chi connectivity index (χ1) is 8.58. The van der Waals surface area contributed by atoms with Crippen LogP contribution in [0.3, 0.4) is 0 Å². The third-order valence-electron chi connectivity index (χ3n) is 3.02. The summed E-state index contributed by atoms with van der Waals surface area (Å²) in [7, 11) is -3.96. The number of nitrogens with two attached hydrogens (primary N) is 1. The maximum absolute atomic E-state index is 13.7. The lowest BCUT2D eigenvalue weighted by atomic mass is 9.89. The maximum atomic E-state index is 13.7. The van der Waals surface area contributed by atoms with E-state index in [1.54, 1.807) is 13.8 Å². The smallest absolute Gasteiger partial charge is 0.238 e. The molecule has 0 aromatic heterocycles. The number of carbonyl (C=O) groups excluding carboxylic acids is 1. The molecule has 5 nitrogen and oxygen atoms in total. The molecule has 0 heterocycles. The molecule has 0 saturated carbocycles. The number of carbonyl (C=O) groups is 1. The van der Waals surface area contributed by atoms with Crippen molar-refractivity contribution < 1.29 is 17.6 Å². The number of nitrogens with one attached hydrogen (secondary N) is 1. The molecule has 106 valence electrons.